The van der Waals surface area contributed by atoms with Gasteiger partial charge in [-0.3, -0.25) is 0 Å². The second kappa shape index (κ2) is 3.19. The monoisotopic (exact) mass is 159 g/mol. The van der Waals surface area contributed by atoms with Gasteiger partial charge >= 0.3 is 0 Å². The number of aliphatic hydroxyl groups is 2. The van der Waals surface area contributed by atoms with E-state index < -0.39 is 12.2 Å². The topological polar surface area (TPSA) is 62.0 Å². The SMILES string of the molecule is CC1=NOC(C(O)C(C)O)C1. The summed E-state index contributed by atoms with van der Waals surface area (Å²) in [5, 5.41) is 21.9. The van der Waals surface area contributed by atoms with Crippen molar-refractivity contribution < 1.29 is 15.1 Å². The van der Waals surface area contributed by atoms with Gasteiger partial charge in [-0.2, -0.15) is 0 Å². The van der Waals surface area contributed by atoms with E-state index in [4.69, 9.17) is 9.94 Å². The standard InChI is InChI=1S/C7H13NO3/c1-4-3-6(11-8-4)7(10)5(2)9/h5-7,9-10H,3H2,1-2H3. The third-order valence-corrected chi connectivity index (χ3v) is 1.72. The highest BCUT2D eigenvalue weighted by molar-refractivity contribution is 5.82. The first kappa shape index (κ1) is 8.49. The summed E-state index contributed by atoms with van der Waals surface area (Å²) in [6, 6.07) is 0. The molecule has 1 rings (SSSR count). The Hall–Kier alpha value is -0.610. The Morgan fingerprint density at radius 2 is 2.27 bits per heavy atom. The van der Waals surface area contributed by atoms with Crippen LogP contribution in [-0.2, 0) is 4.84 Å². The molecule has 0 bridgehead atoms. The normalized spacial score (nSPS) is 29.1. The molecule has 2 N–H and O–H groups in total. The molecule has 0 radical (unpaired) electrons. The van der Waals surface area contributed by atoms with E-state index in [9.17, 15) is 5.11 Å². The zero-order valence-electron chi connectivity index (χ0n) is 6.69. The molecular weight excluding hydrogens is 146 g/mol. The van der Waals surface area contributed by atoms with Gasteiger partial charge in [0, 0.05) is 6.42 Å². The Kier molecular flexibility index (Phi) is 2.46. The van der Waals surface area contributed by atoms with E-state index in [1.54, 1.807) is 0 Å². The lowest BCUT2D eigenvalue weighted by Crippen LogP contribution is -2.35. The highest BCUT2D eigenvalue weighted by atomic mass is 16.7. The average Bonchev–Trinajstić information content (AvgIpc) is 2.34. The molecule has 0 aromatic heterocycles. The van der Waals surface area contributed by atoms with Crippen LogP contribution in [0.1, 0.15) is 20.3 Å². The molecule has 4 heteroatoms. The molecule has 11 heavy (non-hydrogen) atoms. The average molecular weight is 159 g/mol. The lowest BCUT2D eigenvalue weighted by Gasteiger charge is -2.18. The lowest BCUT2D eigenvalue weighted by molar-refractivity contribution is -0.0708. The van der Waals surface area contributed by atoms with Gasteiger partial charge in [0.15, 0.2) is 6.10 Å². The molecule has 3 unspecified atom stereocenters. The van der Waals surface area contributed by atoms with Crippen LogP contribution < -0.4 is 0 Å². The van der Waals surface area contributed by atoms with Gasteiger partial charge in [0.25, 0.3) is 0 Å². The quantitative estimate of drug-likeness (QED) is 0.591. The summed E-state index contributed by atoms with van der Waals surface area (Å²) in [7, 11) is 0. The molecule has 64 valence electrons. The van der Waals surface area contributed by atoms with Crippen LogP contribution in [0.5, 0.6) is 0 Å². The van der Waals surface area contributed by atoms with Crippen LogP contribution in [0.2, 0.25) is 0 Å². The van der Waals surface area contributed by atoms with Gasteiger partial charge in [-0.25, -0.2) is 0 Å². The largest absolute Gasteiger partial charge is 0.391 e. The second-order valence-electron chi connectivity index (χ2n) is 2.91. The number of rotatable bonds is 2. The summed E-state index contributed by atoms with van der Waals surface area (Å²) in [5.74, 6) is 0. The minimum atomic E-state index is -0.837. The van der Waals surface area contributed by atoms with Crippen molar-refractivity contribution in [2.75, 3.05) is 0 Å². The summed E-state index contributed by atoms with van der Waals surface area (Å²) in [5.41, 5.74) is 0.856. The van der Waals surface area contributed by atoms with Crippen molar-refractivity contribution in [3.05, 3.63) is 0 Å². The van der Waals surface area contributed by atoms with Gasteiger partial charge in [-0.05, 0) is 13.8 Å². The molecule has 0 aromatic rings. The fourth-order valence-electron chi connectivity index (χ4n) is 1.02. The Labute approximate surface area is 65.5 Å². The first-order valence-corrected chi connectivity index (χ1v) is 3.66. The molecule has 0 saturated heterocycles. The first-order chi connectivity index (χ1) is 5.11. The van der Waals surface area contributed by atoms with Crippen molar-refractivity contribution in [1.29, 1.82) is 0 Å². The fourth-order valence-corrected chi connectivity index (χ4v) is 1.02. The van der Waals surface area contributed by atoms with Crippen LogP contribution in [0, 0.1) is 0 Å². The number of hydrogen-bond acceptors (Lipinski definition) is 4. The third kappa shape index (κ3) is 1.91. The molecule has 1 aliphatic rings. The zero-order valence-corrected chi connectivity index (χ0v) is 6.69. The van der Waals surface area contributed by atoms with Gasteiger partial charge in [-0.15, -0.1) is 0 Å². The summed E-state index contributed by atoms with van der Waals surface area (Å²) in [6.07, 6.45) is -1.36. The second-order valence-corrected chi connectivity index (χ2v) is 2.91. The van der Waals surface area contributed by atoms with Crippen molar-refractivity contribution in [3.8, 4) is 0 Å². The van der Waals surface area contributed by atoms with Crippen molar-refractivity contribution in [2.24, 2.45) is 5.16 Å². The molecule has 0 aliphatic carbocycles. The molecule has 4 nitrogen and oxygen atoms in total. The highest BCUT2D eigenvalue weighted by Gasteiger charge is 2.29. The molecular formula is C7H13NO3. The smallest absolute Gasteiger partial charge is 0.161 e. The molecule has 0 spiro atoms. The summed E-state index contributed by atoms with van der Waals surface area (Å²) < 4.78 is 0. The Morgan fingerprint density at radius 1 is 1.64 bits per heavy atom. The van der Waals surface area contributed by atoms with Crippen molar-refractivity contribution >= 4 is 5.71 Å². The van der Waals surface area contributed by atoms with Crippen LogP contribution in [-0.4, -0.2) is 34.2 Å². The molecule has 0 saturated carbocycles. The van der Waals surface area contributed by atoms with E-state index in [2.05, 4.69) is 5.16 Å². The van der Waals surface area contributed by atoms with Gasteiger partial charge in [0.2, 0.25) is 0 Å². The summed E-state index contributed by atoms with van der Waals surface area (Å²) in [4.78, 5) is 4.87. The van der Waals surface area contributed by atoms with Crippen LogP contribution >= 0.6 is 0 Å². The van der Waals surface area contributed by atoms with Crippen molar-refractivity contribution in [1.82, 2.24) is 0 Å². The van der Waals surface area contributed by atoms with Crippen LogP contribution in [0.15, 0.2) is 5.16 Å². The minimum absolute atomic E-state index is 0.366. The maximum atomic E-state index is 9.30. The fraction of sp³-hybridized carbons (Fsp3) is 0.857. The number of aliphatic hydroxyl groups excluding tert-OH is 2. The van der Waals surface area contributed by atoms with Crippen molar-refractivity contribution in [3.63, 3.8) is 0 Å². The molecule has 3 atom stereocenters. The zero-order chi connectivity index (χ0) is 8.43. The number of hydrogen-bond donors (Lipinski definition) is 2. The molecule has 0 amide bonds. The first-order valence-electron chi connectivity index (χ1n) is 3.66. The molecule has 1 heterocycles. The third-order valence-electron chi connectivity index (χ3n) is 1.72. The van der Waals surface area contributed by atoms with E-state index in [0.717, 1.165) is 5.71 Å². The van der Waals surface area contributed by atoms with Gasteiger partial charge in [-0.1, -0.05) is 5.16 Å². The maximum Gasteiger partial charge on any atom is 0.161 e. The predicted molar refractivity (Wildman–Crippen MR) is 40.3 cm³/mol. The van der Waals surface area contributed by atoms with E-state index in [-0.39, 0.29) is 6.10 Å². The summed E-state index contributed by atoms with van der Waals surface area (Å²) in [6.45, 7) is 3.36. The van der Waals surface area contributed by atoms with E-state index in [1.807, 2.05) is 6.92 Å². The van der Waals surface area contributed by atoms with Crippen molar-refractivity contribution in [2.45, 2.75) is 38.6 Å². The predicted octanol–water partition coefficient (Wildman–Crippen LogP) is -0.107. The Morgan fingerprint density at radius 3 is 2.64 bits per heavy atom. The van der Waals surface area contributed by atoms with Crippen LogP contribution in [0.3, 0.4) is 0 Å². The molecule has 0 fully saturated rings. The van der Waals surface area contributed by atoms with E-state index >= 15 is 0 Å². The van der Waals surface area contributed by atoms with Crippen LogP contribution in [0.4, 0.5) is 0 Å². The maximum absolute atomic E-state index is 9.30. The van der Waals surface area contributed by atoms with Gasteiger partial charge in [0.1, 0.15) is 6.10 Å². The van der Waals surface area contributed by atoms with Crippen LogP contribution in [0.25, 0.3) is 0 Å². The Balaban J connectivity index is 2.40. The summed E-state index contributed by atoms with van der Waals surface area (Å²) >= 11 is 0. The lowest BCUT2D eigenvalue weighted by atomic mass is 10.1. The highest BCUT2D eigenvalue weighted by Crippen LogP contribution is 2.15. The minimum Gasteiger partial charge on any atom is -0.391 e. The number of nitrogens with zero attached hydrogens (tertiary/aromatic N) is 1. The molecule has 0 aromatic carbocycles. The van der Waals surface area contributed by atoms with E-state index in [1.165, 1.54) is 6.92 Å². The number of oxime groups is 1. The Bertz CT molecular complexity index is 167. The van der Waals surface area contributed by atoms with Gasteiger partial charge < -0.3 is 15.1 Å². The van der Waals surface area contributed by atoms with Gasteiger partial charge in [0.05, 0.1) is 11.8 Å². The molecule has 1 aliphatic heterocycles. The van der Waals surface area contributed by atoms with E-state index in [0.29, 0.717) is 6.42 Å².